The zero-order chi connectivity index (χ0) is 19.5. The molecule has 1 saturated heterocycles. The number of aryl methyl sites for hydroxylation is 1. The molecule has 0 radical (unpaired) electrons. The molecule has 6 heteroatoms. The number of rotatable bonds is 4. The molecule has 4 rings (SSSR count). The van der Waals surface area contributed by atoms with Gasteiger partial charge in [-0.15, -0.1) is 0 Å². The monoisotopic (exact) mass is 380 g/mol. The summed E-state index contributed by atoms with van der Waals surface area (Å²) in [5.41, 5.74) is 2.60. The molecule has 0 bridgehead atoms. The molecule has 1 N–H and O–H groups in total. The van der Waals surface area contributed by atoms with Gasteiger partial charge in [0.2, 0.25) is 5.91 Å². The fraction of sp³-hybridized carbons (Fsp3) is 0.500. The van der Waals surface area contributed by atoms with Crippen molar-refractivity contribution < 1.29 is 4.79 Å². The number of likely N-dealkylation sites (tertiary alicyclic amines) is 1. The number of nitrogens with one attached hydrogen (secondary N) is 1. The van der Waals surface area contributed by atoms with Gasteiger partial charge in [0, 0.05) is 19.4 Å². The van der Waals surface area contributed by atoms with E-state index in [1.807, 2.05) is 30.3 Å². The molecule has 1 fully saturated rings. The zero-order valence-corrected chi connectivity index (χ0v) is 16.5. The Bertz CT molecular complexity index is 893. The summed E-state index contributed by atoms with van der Waals surface area (Å²) < 4.78 is 0. The predicted octanol–water partition coefficient (Wildman–Crippen LogP) is 2.44. The second-order valence-corrected chi connectivity index (χ2v) is 7.92. The molecule has 28 heavy (non-hydrogen) atoms. The van der Waals surface area contributed by atoms with E-state index >= 15 is 0 Å². The fourth-order valence-electron chi connectivity index (χ4n) is 4.29. The first-order valence-corrected chi connectivity index (χ1v) is 10.3. The van der Waals surface area contributed by atoms with Gasteiger partial charge in [-0.3, -0.25) is 14.5 Å². The van der Waals surface area contributed by atoms with E-state index in [1.165, 1.54) is 12.8 Å². The number of aromatic nitrogens is 2. The summed E-state index contributed by atoms with van der Waals surface area (Å²) in [6, 6.07) is 10.2. The number of H-pyrrole nitrogens is 1. The van der Waals surface area contributed by atoms with E-state index in [0.717, 1.165) is 36.5 Å². The number of nitrogens with zero attached hydrogens (tertiary/aromatic N) is 3. The summed E-state index contributed by atoms with van der Waals surface area (Å²) in [7, 11) is 2.09. The van der Waals surface area contributed by atoms with E-state index in [-0.39, 0.29) is 17.5 Å². The van der Waals surface area contributed by atoms with Crippen LogP contribution in [0, 0.1) is 0 Å². The van der Waals surface area contributed by atoms with Crippen LogP contribution in [0.4, 0.5) is 0 Å². The Balaban J connectivity index is 1.45. The molecule has 1 atom stereocenters. The number of hydrogen-bond acceptors (Lipinski definition) is 4. The molecule has 0 aliphatic carbocycles. The van der Waals surface area contributed by atoms with Crippen molar-refractivity contribution in [3.63, 3.8) is 0 Å². The van der Waals surface area contributed by atoms with E-state index in [4.69, 9.17) is 4.98 Å². The normalized spacial score (nSPS) is 20.0. The second-order valence-electron chi connectivity index (χ2n) is 7.92. The highest BCUT2D eigenvalue weighted by molar-refractivity contribution is 5.76. The van der Waals surface area contributed by atoms with Crippen LogP contribution in [-0.4, -0.2) is 45.8 Å². The van der Waals surface area contributed by atoms with Crippen LogP contribution in [-0.2, 0) is 24.2 Å². The highest BCUT2D eigenvalue weighted by Crippen LogP contribution is 2.27. The molecule has 1 aromatic heterocycles. The molecule has 3 heterocycles. The lowest BCUT2D eigenvalue weighted by Crippen LogP contribution is -2.41. The summed E-state index contributed by atoms with van der Waals surface area (Å²) in [4.78, 5) is 37.2. The number of amides is 1. The topological polar surface area (TPSA) is 69.3 Å². The minimum Gasteiger partial charge on any atom is -0.338 e. The summed E-state index contributed by atoms with van der Waals surface area (Å²) in [6.45, 7) is 2.04. The number of hydrogen-bond donors (Lipinski definition) is 1. The fourth-order valence-corrected chi connectivity index (χ4v) is 4.29. The molecule has 6 nitrogen and oxygen atoms in total. The van der Waals surface area contributed by atoms with Crippen LogP contribution in [0.15, 0.2) is 35.1 Å². The highest BCUT2D eigenvalue weighted by atomic mass is 16.2. The third-order valence-electron chi connectivity index (χ3n) is 6.00. The van der Waals surface area contributed by atoms with Gasteiger partial charge in [0.25, 0.3) is 5.56 Å². The van der Waals surface area contributed by atoms with Gasteiger partial charge in [-0.05, 0) is 38.4 Å². The lowest BCUT2D eigenvalue weighted by atomic mass is 10.0. The quantitative estimate of drug-likeness (QED) is 0.885. The first kappa shape index (κ1) is 18.9. The van der Waals surface area contributed by atoms with Crippen molar-refractivity contribution in [1.82, 2.24) is 19.8 Å². The maximum atomic E-state index is 12.7. The third-order valence-corrected chi connectivity index (χ3v) is 6.00. The Labute approximate surface area is 165 Å². The van der Waals surface area contributed by atoms with Crippen LogP contribution >= 0.6 is 0 Å². The number of aromatic amines is 1. The van der Waals surface area contributed by atoms with Crippen molar-refractivity contribution >= 4 is 5.91 Å². The summed E-state index contributed by atoms with van der Waals surface area (Å²) in [5, 5.41) is 0. The molecular formula is C22H28N4O2. The lowest BCUT2D eigenvalue weighted by molar-refractivity contribution is -0.132. The van der Waals surface area contributed by atoms with E-state index in [1.54, 1.807) is 4.90 Å². The Morgan fingerprint density at radius 1 is 1.21 bits per heavy atom. The molecule has 0 saturated carbocycles. The molecule has 2 aliphatic heterocycles. The molecule has 2 aliphatic rings. The Hall–Kier alpha value is -2.47. The van der Waals surface area contributed by atoms with E-state index < -0.39 is 0 Å². The van der Waals surface area contributed by atoms with Gasteiger partial charge in [0.15, 0.2) is 0 Å². The number of piperidine rings is 1. The van der Waals surface area contributed by atoms with Crippen LogP contribution in [0.2, 0.25) is 0 Å². The van der Waals surface area contributed by atoms with Gasteiger partial charge in [-0.25, -0.2) is 4.98 Å². The number of fused-ring (bicyclic) bond motifs is 1. The maximum absolute atomic E-state index is 12.7. The molecular weight excluding hydrogens is 352 g/mol. The summed E-state index contributed by atoms with van der Waals surface area (Å²) in [5.74, 6) is 0.889. The van der Waals surface area contributed by atoms with E-state index in [2.05, 4.69) is 16.9 Å². The van der Waals surface area contributed by atoms with Crippen LogP contribution in [0.3, 0.4) is 0 Å². The maximum Gasteiger partial charge on any atom is 0.256 e. The van der Waals surface area contributed by atoms with E-state index in [9.17, 15) is 9.59 Å². The summed E-state index contributed by atoms with van der Waals surface area (Å²) >= 11 is 0. The van der Waals surface area contributed by atoms with Crippen LogP contribution in [0.25, 0.3) is 0 Å². The average Bonchev–Trinajstić information content (AvgIpc) is 2.73. The molecule has 1 aromatic carbocycles. The van der Waals surface area contributed by atoms with Gasteiger partial charge < -0.3 is 9.88 Å². The van der Waals surface area contributed by atoms with Crippen molar-refractivity contribution in [1.29, 1.82) is 0 Å². The van der Waals surface area contributed by atoms with E-state index in [0.29, 0.717) is 31.5 Å². The summed E-state index contributed by atoms with van der Waals surface area (Å²) in [6.07, 6.45) is 5.24. The molecule has 1 amide bonds. The standard InChI is InChI=1S/C22H28N4O2/c1-25-13-6-5-9-19(25)21-23-18-12-14-26(15-17(18)22(28)24-21)20(27)11-10-16-7-3-2-4-8-16/h2-4,7-8,19H,5-6,9-15H2,1H3,(H,23,24,28)/t19-/m0/s1. The molecule has 0 spiro atoms. The van der Waals surface area contributed by atoms with Crippen molar-refractivity contribution in [3.8, 4) is 0 Å². The number of carbonyl (C=O) groups excluding carboxylic acids is 1. The van der Waals surface area contributed by atoms with Crippen LogP contribution in [0.5, 0.6) is 0 Å². The van der Waals surface area contributed by atoms with Gasteiger partial charge in [0.1, 0.15) is 5.82 Å². The Morgan fingerprint density at radius 3 is 2.82 bits per heavy atom. The number of benzene rings is 1. The smallest absolute Gasteiger partial charge is 0.256 e. The van der Waals surface area contributed by atoms with Gasteiger partial charge >= 0.3 is 0 Å². The molecule has 148 valence electrons. The van der Waals surface area contributed by atoms with Crippen molar-refractivity contribution in [2.24, 2.45) is 0 Å². The Kier molecular flexibility index (Phi) is 5.57. The van der Waals surface area contributed by atoms with Crippen molar-refractivity contribution in [3.05, 3.63) is 63.3 Å². The van der Waals surface area contributed by atoms with Gasteiger partial charge in [0.05, 0.1) is 23.8 Å². The lowest BCUT2D eigenvalue weighted by Gasteiger charge is -2.33. The van der Waals surface area contributed by atoms with Crippen molar-refractivity contribution in [2.75, 3.05) is 20.1 Å². The minimum absolute atomic E-state index is 0.0838. The average molecular weight is 380 g/mol. The molecule has 2 aromatic rings. The second kappa shape index (κ2) is 8.27. The minimum atomic E-state index is -0.0838. The van der Waals surface area contributed by atoms with Crippen LogP contribution in [0.1, 0.15) is 54.4 Å². The third kappa shape index (κ3) is 4.02. The first-order chi connectivity index (χ1) is 13.6. The van der Waals surface area contributed by atoms with Gasteiger partial charge in [-0.2, -0.15) is 0 Å². The van der Waals surface area contributed by atoms with Gasteiger partial charge in [-0.1, -0.05) is 36.8 Å². The zero-order valence-electron chi connectivity index (χ0n) is 16.5. The SMILES string of the molecule is CN1CCCC[C@H]1c1nc2c(c(=O)[nH]1)CN(C(=O)CCc1ccccc1)CC2. The van der Waals surface area contributed by atoms with Crippen molar-refractivity contribution in [2.45, 2.75) is 51.1 Å². The molecule has 0 unspecified atom stereocenters. The largest absolute Gasteiger partial charge is 0.338 e. The predicted molar refractivity (Wildman–Crippen MR) is 108 cm³/mol. The Morgan fingerprint density at radius 2 is 2.04 bits per heavy atom. The highest BCUT2D eigenvalue weighted by Gasteiger charge is 2.28. The first-order valence-electron chi connectivity index (χ1n) is 10.3. The van der Waals surface area contributed by atoms with Crippen LogP contribution < -0.4 is 5.56 Å². The number of carbonyl (C=O) groups is 1.